The van der Waals surface area contributed by atoms with Crippen molar-refractivity contribution in [3.8, 4) is 39.4 Å². The number of nitrogens with zero attached hydrogens (tertiary/aromatic N) is 6. The van der Waals surface area contributed by atoms with Crippen LogP contribution in [0.5, 0.6) is 0 Å². The van der Waals surface area contributed by atoms with Gasteiger partial charge in [0.05, 0.1) is 42.4 Å². The maximum absolute atomic E-state index is 9.81. The van der Waals surface area contributed by atoms with Crippen molar-refractivity contribution in [3.63, 3.8) is 0 Å². The molecule has 2 aliphatic carbocycles. The number of nitriles is 1. The lowest BCUT2D eigenvalue weighted by Crippen LogP contribution is -2.61. The molecule has 0 bridgehead atoms. The van der Waals surface area contributed by atoms with Crippen molar-refractivity contribution in [1.29, 1.82) is 5.26 Å². The van der Waals surface area contributed by atoms with E-state index >= 15 is 0 Å². The van der Waals surface area contributed by atoms with Crippen LogP contribution in [0.2, 0.25) is 0 Å². The molecular weight excluding hydrogens is 1660 g/mol. The van der Waals surface area contributed by atoms with Gasteiger partial charge in [-0.25, -0.2) is 0 Å². The van der Waals surface area contributed by atoms with Gasteiger partial charge in [0.1, 0.15) is 11.2 Å². The molecule has 137 heavy (non-hydrogen) atoms. The monoisotopic (exact) mass is 1800 g/mol. The summed E-state index contributed by atoms with van der Waals surface area (Å²) in [5.41, 5.74) is 34.5. The summed E-state index contributed by atoms with van der Waals surface area (Å²) in [5.74, 6) is 0.881. The van der Waals surface area contributed by atoms with E-state index in [1.54, 1.807) is 6.07 Å². The number of hydrogen-bond donors (Lipinski definition) is 0. The van der Waals surface area contributed by atoms with Crippen LogP contribution in [0.3, 0.4) is 0 Å². The Morgan fingerprint density at radius 1 is 0.321 bits per heavy atom. The van der Waals surface area contributed by atoms with Crippen LogP contribution in [0.15, 0.2) is 336 Å². The van der Waals surface area contributed by atoms with E-state index in [1.165, 1.54) is 72.0 Å². The van der Waals surface area contributed by atoms with E-state index in [4.69, 9.17) is 19.8 Å². The summed E-state index contributed by atoms with van der Waals surface area (Å²) in [4.78, 5) is 11.6. The number of rotatable bonds is 10. The quantitative estimate of drug-likeness (QED) is 0.126. The number of hydrogen-bond acceptors (Lipinski definition) is 8. The van der Waals surface area contributed by atoms with Gasteiger partial charge in [-0.1, -0.05) is 320 Å². The third-order valence-electron chi connectivity index (χ3n) is 30.4. The smallest absolute Gasteiger partial charge is 0.297 e. The zero-order valence-corrected chi connectivity index (χ0v) is 82.4. The molecular formula is C127H122B2N6O2. The van der Waals surface area contributed by atoms with E-state index in [0.717, 1.165) is 133 Å². The second-order valence-corrected chi connectivity index (χ2v) is 45.4. The molecule has 0 radical (unpaired) electrons. The first-order chi connectivity index (χ1) is 69.5. The van der Waals surface area contributed by atoms with Gasteiger partial charge >= 0.3 is 0 Å². The topological polar surface area (TPSA) is 66.3 Å². The van der Waals surface area contributed by atoms with E-state index in [1.807, 2.05) is 84.9 Å². The zero-order valence-electron chi connectivity index (χ0n) is 92.4. The molecule has 0 atom stereocenters. The van der Waals surface area contributed by atoms with Crippen molar-refractivity contribution in [2.45, 2.75) is 207 Å². The fourth-order valence-electron chi connectivity index (χ4n) is 22.4. The van der Waals surface area contributed by atoms with Crippen LogP contribution in [0, 0.1) is 11.3 Å². The molecule has 6 heterocycles. The van der Waals surface area contributed by atoms with Gasteiger partial charge in [-0.15, -0.1) is 0 Å². The minimum Gasteiger partial charge on any atom is -0.468 e. The van der Waals surface area contributed by atoms with Crippen LogP contribution in [0.4, 0.5) is 85.5 Å². The van der Waals surface area contributed by atoms with Crippen LogP contribution in [-0.4, -0.2) is 13.4 Å². The lowest BCUT2D eigenvalue weighted by molar-refractivity contribution is 0.332. The summed E-state index contributed by atoms with van der Waals surface area (Å²) in [6.45, 7) is 45.6. The first kappa shape index (κ1) is 77.2. The normalized spacial score (nSPS) is 16.6. The maximum Gasteiger partial charge on any atom is 0.297 e. The Hall–Kier alpha value is -14.0. The molecule has 15 aromatic carbocycles. The summed E-state index contributed by atoms with van der Waals surface area (Å²) < 4.78 is 104. The third-order valence-corrected chi connectivity index (χ3v) is 30.4. The van der Waals surface area contributed by atoms with Gasteiger partial charge in [0, 0.05) is 84.5 Å². The predicted molar refractivity (Wildman–Crippen MR) is 582 cm³/mol. The molecule has 8 nitrogen and oxygen atoms in total. The second-order valence-electron chi connectivity index (χ2n) is 45.4. The lowest BCUT2D eigenvalue weighted by atomic mass is 9.33. The van der Waals surface area contributed by atoms with Crippen molar-refractivity contribution in [3.05, 3.63) is 377 Å². The number of fused-ring (bicyclic) bond motifs is 14. The number of para-hydroxylation sites is 2. The zero-order chi connectivity index (χ0) is 104. The van der Waals surface area contributed by atoms with Crippen molar-refractivity contribution in [2.24, 2.45) is 0 Å². The van der Waals surface area contributed by atoms with Crippen LogP contribution >= 0.6 is 0 Å². The Kier molecular flexibility index (Phi) is 18.1. The minimum absolute atomic E-state index is 0.000899. The Morgan fingerprint density at radius 2 is 0.745 bits per heavy atom. The summed E-state index contributed by atoms with van der Waals surface area (Å²) >= 11 is 0. The molecule has 0 unspecified atom stereocenters. The van der Waals surface area contributed by atoms with E-state index in [9.17, 15) is 8.00 Å². The molecule has 678 valence electrons. The van der Waals surface area contributed by atoms with E-state index in [2.05, 4.69) is 345 Å². The summed E-state index contributed by atoms with van der Waals surface area (Å²) in [7, 11) is 0. The third kappa shape index (κ3) is 15.0. The van der Waals surface area contributed by atoms with Gasteiger partial charge in [-0.2, -0.15) is 5.26 Å². The molecule has 2 aromatic heterocycles. The van der Waals surface area contributed by atoms with E-state index < -0.39 is 43.0 Å². The van der Waals surface area contributed by atoms with Gasteiger partial charge in [0.15, 0.2) is 0 Å². The molecule has 17 aromatic rings. The average molecular weight is 1800 g/mol. The molecule has 0 saturated carbocycles. The molecule has 10 heteroatoms. The molecule has 23 rings (SSSR count). The van der Waals surface area contributed by atoms with Gasteiger partial charge < -0.3 is 28.4 Å². The van der Waals surface area contributed by atoms with E-state index in [-0.39, 0.29) is 85.3 Å². The molecule has 0 saturated heterocycles. The van der Waals surface area contributed by atoms with Crippen LogP contribution in [0.1, 0.15) is 228 Å². The van der Waals surface area contributed by atoms with Gasteiger partial charge in [-0.05, 0) is 314 Å². The highest BCUT2D eigenvalue weighted by Crippen LogP contribution is 2.57. The Labute approximate surface area is 825 Å². The van der Waals surface area contributed by atoms with Crippen LogP contribution in [0.25, 0.3) is 55.3 Å². The molecule has 0 amide bonds. The summed E-state index contributed by atoms with van der Waals surface area (Å²) in [6.07, 6.45) is 4.30. The predicted octanol–water partition coefficient (Wildman–Crippen LogP) is 31.3. The number of benzene rings is 15. The summed E-state index contributed by atoms with van der Waals surface area (Å²) in [5, 5.41) is 12.0. The van der Waals surface area contributed by atoms with Crippen molar-refractivity contribution in [1.82, 2.24) is 0 Å². The Bertz CT molecular complexity index is 8270. The number of anilines is 15. The minimum atomic E-state index is -0.578. The molecule has 4 aliphatic heterocycles. The molecule has 0 spiro atoms. The molecule has 6 aliphatic rings. The maximum atomic E-state index is 9.81. The number of furan rings is 2. The van der Waals surface area contributed by atoms with Crippen LogP contribution in [-0.2, 0) is 43.3 Å². The van der Waals surface area contributed by atoms with Crippen molar-refractivity contribution in [2.75, 3.05) is 24.5 Å². The first-order valence-electron chi connectivity index (χ1n) is 53.6. The van der Waals surface area contributed by atoms with Crippen molar-refractivity contribution >= 4 is 154 Å². The second kappa shape index (κ2) is 32.1. The highest BCUT2D eigenvalue weighted by molar-refractivity contribution is 7.02. The SMILES string of the molecule is CC(C)(C)c1ccc(N2c3ccc(C(C)(C)C)cc3B3c4c2cc(-c2ccc(C#N)cc2)cc4N(c2ccc(C(C)(C)C)cc2)c2oc4cc5c(cc4c23)C(C)(C)CCC5(C)C)cc1.[2H]c1c([2H])c([2H])c(-c2cccc(N3c4cc(-c5c([2H])c([2H])c([2H])c([2H])c5[2H])ccc4B4c5oc6cc7c(cc6c5N(c5ccc(C(C)(C)C)cc5)c5cc(N(c6ccccc6)c6ccccc6)cc3c54)C(C)(C)CCC7(C)C)c2)c([2H])c1[2H]. The fourth-order valence-corrected chi connectivity index (χ4v) is 22.4. The van der Waals surface area contributed by atoms with Crippen molar-refractivity contribution < 1.29 is 22.5 Å². The highest BCUT2D eigenvalue weighted by atomic mass is 16.4. The Morgan fingerprint density at radius 3 is 1.26 bits per heavy atom. The fraction of sp³-hybridized carbons (Fsp3) is 0.252. The molecule has 0 fully saturated rings. The molecule has 0 N–H and O–H groups in total. The average Bonchev–Trinajstić information content (AvgIpc) is 1.61. The van der Waals surface area contributed by atoms with E-state index in [0.29, 0.717) is 33.7 Å². The standard InChI is InChI=1S/C68H60BN3O.C59H62BN3O/c1-66(2,3)49-32-34-52(35-33-49)72-61-42-54(70(50-26-16-10-17-27-50)51-28-18-11-19-29-51)41-60-63(61)69(65-64(72)55-43-56-57(44-62(55)73-65)68(6,7)38-37-67(56,4)5)58-36-31-48(46-23-14-9-15-24-46)40-59(58)71(60)53-30-20-25-47(39-53)45-21-12-8-13-22-45;1-55(2,3)39-18-23-42(24-19-39)62-48-27-22-41(57(7,8)9)32-47(48)60-52-44-33-45-46(59(12,13)29-28-58(45,10)11)34-51(44)64-54(52)63(43-25-20-40(21-26-43)56(4,5)6)50-31-38(30-49(62)53(50)60)37-16-14-36(35-61)15-17-37/h8-36,39-44H,37-38H2,1-7H3;14-27,30-34H,28-29H2,1-13H3/i8D,9D,12D,13D,14D,15D,21D,22D,23D,24D;. The van der Waals surface area contributed by atoms with Crippen LogP contribution < -0.4 is 57.5 Å². The van der Waals surface area contributed by atoms with Gasteiger partial charge in [0.25, 0.3) is 13.4 Å². The first-order valence-corrected chi connectivity index (χ1v) is 48.6. The highest BCUT2D eigenvalue weighted by Gasteiger charge is 2.52. The van der Waals surface area contributed by atoms with Gasteiger partial charge in [-0.3, -0.25) is 4.90 Å². The largest absolute Gasteiger partial charge is 0.468 e. The van der Waals surface area contributed by atoms with Gasteiger partial charge in [0.2, 0.25) is 5.88 Å². The summed E-state index contributed by atoms with van der Waals surface area (Å²) in [6, 6.07) is 92.9. The Balaban J connectivity index is 0.000000173. The lowest BCUT2D eigenvalue weighted by Gasteiger charge is -2.44.